The van der Waals surface area contributed by atoms with Crippen molar-refractivity contribution in [1.82, 2.24) is 14.2 Å². The molecular weight excluding hydrogens is 394 g/mol. The van der Waals surface area contributed by atoms with E-state index in [1.165, 1.54) is 22.5 Å². The van der Waals surface area contributed by atoms with Crippen LogP contribution in [0.1, 0.15) is 37.0 Å². The molecule has 1 N–H and O–H groups in total. The Labute approximate surface area is 170 Å². The zero-order valence-electron chi connectivity index (χ0n) is 17.0. The van der Waals surface area contributed by atoms with E-state index in [1.54, 1.807) is 31.9 Å². The second-order valence-electron chi connectivity index (χ2n) is 7.07. The van der Waals surface area contributed by atoms with Gasteiger partial charge in [-0.2, -0.15) is 4.31 Å². The van der Waals surface area contributed by atoms with Crippen LogP contribution in [0.5, 0.6) is 0 Å². The molecule has 2 heterocycles. The minimum atomic E-state index is -3.68. The normalized spacial score (nSPS) is 15.9. The van der Waals surface area contributed by atoms with Crippen LogP contribution in [-0.4, -0.2) is 67.9 Å². The molecule has 9 heteroatoms. The zero-order chi connectivity index (χ0) is 21.2. The van der Waals surface area contributed by atoms with E-state index in [4.69, 9.17) is 4.74 Å². The fourth-order valence-corrected chi connectivity index (χ4v) is 5.23. The summed E-state index contributed by atoms with van der Waals surface area (Å²) in [5, 5.41) is 0.427. The molecule has 1 aliphatic rings. The zero-order valence-corrected chi connectivity index (χ0v) is 17.8. The third-order valence-corrected chi connectivity index (χ3v) is 7.50. The molecule has 0 spiro atoms. The maximum atomic E-state index is 13.1. The first kappa shape index (κ1) is 21.5. The summed E-state index contributed by atoms with van der Waals surface area (Å²) in [6.45, 7) is 5.31. The number of fused-ring (bicyclic) bond motifs is 1. The van der Waals surface area contributed by atoms with Gasteiger partial charge in [0.1, 0.15) is 0 Å². The Kier molecular flexibility index (Phi) is 6.40. The summed E-state index contributed by atoms with van der Waals surface area (Å²) in [5.41, 5.74) is 0.259. The van der Waals surface area contributed by atoms with E-state index in [1.807, 2.05) is 0 Å². The second kappa shape index (κ2) is 8.64. The fraction of sp³-hybridized carbons (Fsp3) is 0.500. The molecule has 2 aromatic rings. The van der Waals surface area contributed by atoms with Crippen molar-refractivity contribution in [2.75, 3.05) is 33.3 Å². The summed E-state index contributed by atoms with van der Waals surface area (Å²) in [5.74, 6) is -0.270. The first-order valence-corrected chi connectivity index (χ1v) is 11.2. The number of benzene rings is 1. The topological polar surface area (TPSA) is 99.8 Å². The van der Waals surface area contributed by atoms with E-state index >= 15 is 0 Å². The Hall–Kier alpha value is -2.23. The molecule has 1 aromatic heterocycles. The summed E-state index contributed by atoms with van der Waals surface area (Å²) in [4.78, 5) is 29.7. The molecule has 158 valence electrons. The quantitative estimate of drug-likeness (QED) is 0.767. The van der Waals surface area contributed by atoms with Crippen LogP contribution in [0.2, 0.25) is 0 Å². The number of pyridine rings is 1. The lowest BCUT2D eigenvalue weighted by Crippen LogP contribution is -2.41. The summed E-state index contributed by atoms with van der Waals surface area (Å²) in [6.07, 6.45) is 1.58. The number of H-pyrrole nitrogens is 1. The van der Waals surface area contributed by atoms with Gasteiger partial charge in [-0.15, -0.1) is 0 Å². The van der Waals surface area contributed by atoms with E-state index < -0.39 is 15.6 Å². The average Bonchev–Trinajstić information content (AvgIpc) is 2.73. The van der Waals surface area contributed by atoms with E-state index in [2.05, 4.69) is 4.98 Å². The van der Waals surface area contributed by atoms with Crippen molar-refractivity contribution in [3.8, 4) is 0 Å². The van der Waals surface area contributed by atoms with Gasteiger partial charge < -0.3 is 14.6 Å². The number of methoxy groups -OCH3 is 1. The number of carbonyl (C=O) groups excluding carboxylic acids is 1. The Morgan fingerprint density at radius 2 is 1.86 bits per heavy atom. The second-order valence-corrected chi connectivity index (χ2v) is 9.01. The highest BCUT2D eigenvalue weighted by Crippen LogP contribution is 2.24. The van der Waals surface area contributed by atoms with E-state index in [0.29, 0.717) is 37.1 Å². The molecule has 29 heavy (non-hydrogen) atoms. The van der Waals surface area contributed by atoms with Gasteiger partial charge in [0, 0.05) is 50.3 Å². The van der Waals surface area contributed by atoms with Crippen molar-refractivity contribution < 1.29 is 17.9 Å². The molecule has 0 radical (unpaired) electrons. The van der Waals surface area contributed by atoms with Crippen LogP contribution in [0.4, 0.5) is 0 Å². The van der Waals surface area contributed by atoms with E-state index in [9.17, 15) is 18.0 Å². The first-order valence-electron chi connectivity index (χ1n) is 9.81. The largest absolute Gasteiger partial charge is 0.381 e. The summed E-state index contributed by atoms with van der Waals surface area (Å²) < 4.78 is 32.5. The number of aromatic nitrogens is 1. The molecule has 1 saturated heterocycles. The van der Waals surface area contributed by atoms with Gasteiger partial charge in [0.2, 0.25) is 15.6 Å². The molecule has 0 saturated carbocycles. The lowest BCUT2D eigenvalue weighted by Gasteiger charge is -2.31. The molecule has 1 fully saturated rings. The number of nitrogens with one attached hydrogen (secondary N) is 1. The highest BCUT2D eigenvalue weighted by Gasteiger charge is 2.27. The number of piperidine rings is 1. The molecule has 8 nitrogen and oxygen atoms in total. The number of hydrogen-bond donors (Lipinski definition) is 1. The molecular formula is C20H27N3O5S. The number of likely N-dealkylation sites (tertiary alicyclic amines) is 1. The number of aromatic amines is 1. The van der Waals surface area contributed by atoms with Gasteiger partial charge in [-0.25, -0.2) is 8.42 Å². The van der Waals surface area contributed by atoms with E-state index in [0.717, 1.165) is 12.8 Å². The number of sulfonamides is 1. The van der Waals surface area contributed by atoms with Gasteiger partial charge in [0.05, 0.1) is 16.6 Å². The molecule has 0 bridgehead atoms. The molecule has 0 unspecified atom stereocenters. The minimum Gasteiger partial charge on any atom is -0.381 e. The maximum Gasteiger partial charge on any atom is 0.254 e. The summed E-state index contributed by atoms with van der Waals surface area (Å²) >= 11 is 0. The summed E-state index contributed by atoms with van der Waals surface area (Å²) in [6, 6.07) is 5.74. The SMILES string of the molecule is CCN(CC)S(=O)(=O)c1ccc2[nH]c(=O)cc(C(=O)N3CCC(OC)CC3)c2c1. The lowest BCUT2D eigenvalue weighted by molar-refractivity contribution is 0.0351. The standard InChI is InChI=1S/C20H27N3O5S/c1-4-23(5-2)29(26,27)15-6-7-18-16(12-15)17(13-19(24)21-18)20(25)22-10-8-14(28-3)9-11-22/h6-7,12-14H,4-5,8-11H2,1-3H3,(H,21,24). The van der Waals surface area contributed by atoms with Crippen molar-refractivity contribution >= 4 is 26.8 Å². The average molecular weight is 422 g/mol. The highest BCUT2D eigenvalue weighted by atomic mass is 32.2. The molecule has 1 aromatic carbocycles. The molecule has 0 atom stereocenters. The third-order valence-electron chi connectivity index (χ3n) is 5.45. The number of rotatable bonds is 6. The molecule has 3 rings (SSSR count). The molecule has 1 amide bonds. The van der Waals surface area contributed by atoms with Gasteiger partial charge >= 0.3 is 0 Å². The van der Waals surface area contributed by atoms with Crippen LogP contribution < -0.4 is 5.56 Å². The number of hydrogen-bond acceptors (Lipinski definition) is 5. The monoisotopic (exact) mass is 421 g/mol. The van der Waals surface area contributed by atoms with Crippen molar-refractivity contribution in [3.63, 3.8) is 0 Å². The molecule has 0 aliphatic carbocycles. The predicted octanol–water partition coefficient (Wildman–Crippen LogP) is 1.81. The van der Waals surface area contributed by atoms with Gasteiger partial charge in [-0.05, 0) is 31.0 Å². The van der Waals surface area contributed by atoms with Crippen LogP contribution in [0, 0.1) is 0 Å². The Morgan fingerprint density at radius 3 is 2.45 bits per heavy atom. The first-order chi connectivity index (χ1) is 13.8. The van der Waals surface area contributed by atoms with Gasteiger partial charge in [-0.3, -0.25) is 9.59 Å². The van der Waals surface area contributed by atoms with Crippen LogP contribution in [0.3, 0.4) is 0 Å². The highest BCUT2D eigenvalue weighted by molar-refractivity contribution is 7.89. The van der Waals surface area contributed by atoms with Gasteiger partial charge in [-0.1, -0.05) is 13.8 Å². The van der Waals surface area contributed by atoms with Crippen LogP contribution >= 0.6 is 0 Å². The predicted molar refractivity (Wildman–Crippen MR) is 111 cm³/mol. The molecule has 1 aliphatic heterocycles. The van der Waals surface area contributed by atoms with Gasteiger partial charge in [0.25, 0.3) is 5.91 Å². The Bertz CT molecular complexity index is 1050. The van der Waals surface area contributed by atoms with Crippen molar-refractivity contribution in [3.05, 3.63) is 40.2 Å². The number of amides is 1. The Balaban J connectivity index is 2.05. The van der Waals surface area contributed by atoms with Crippen molar-refractivity contribution in [2.45, 2.75) is 37.7 Å². The Morgan fingerprint density at radius 1 is 1.21 bits per heavy atom. The number of carbonyl (C=O) groups is 1. The summed E-state index contributed by atoms with van der Waals surface area (Å²) in [7, 11) is -2.02. The van der Waals surface area contributed by atoms with Crippen molar-refractivity contribution in [2.24, 2.45) is 0 Å². The van der Waals surface area contributed by atoms with Crippen LogP contribution in [0.15, 0.2) is 34.0 Å². The van der Waals surface area contributed by atoms with Crippen LogP contribution in [0.25, 0.3) is 10.9 Å². The van der Waals surface area contributed by atoms with Gasteiger partial charge in [0.15, 0.2) is 0 Å². The fourth-order valence-electron chi connectivity index (χ4n) is 3.75. The minimum absolute atomic E-state index is 0.105. The number of nitrogens with zero attached hydrogens (tertiary/aromatic N) is 2. The smallest absolute Gasteiger partial charge is 0.254 e. The van der Waals surface area contributed by atoms with E-state index in [-0.39, 0.29) is 22.5 Å². The van der Waals surface area contributed by atoms with Crippen molar-refractivity contribution in [1.29, 1.82) is 0 Å². The lowest BCUT2D eigenvalue weighted by atomic mass is 10.0. The number of ether oxygens (including phenoxy) is 1. The maximum absolute atomic E-state index is 13.1. The van der Waals surface area contributed by atoms with Crippen LogP contribution in [-0.2, 0) is 14.8 Å². The third kappa shape index (κ3) is 4.22.